The first-order chi connectivity index (χ1) is 11.2. The standard InChI is InChI=1S/C16H15FN4O2/c1-22-14-8-5-12(9-15(14)23-2)16-18-20-21(19-16)10-11-3-6-13(17)7-4-11/h3-9H,10H2,1-2H3. The molecular weight excluding hydrogens is 299 g/mol. The molecule has 2 aromatic carbocycles. The summed E-state index contributed by atoms with van der Waals surface area (Å²) < 4.78 is 23.4. The van der Waals surface area contributed by atoms with Gasteiger partial charge in [-0.05, 0) is 41.1 Å². The number of benzene rings is 2. The van der Waals surface area contributed by atoms with Gasteiger partial charge in [0.05, 0.1) is 20.8 Å². The predicted octanol–water partition coefficient (Wildman–Crippen LogP) is 2.54. The van der Waals surface area contributed by atoms with Gasteiger partial charge in [0.25, 0.3) is 0 Å². The topological polar surface area (TPSA) is 62.1 Å². The molecule has 3 rings (SSSR count). The summed E-state index contributed by atoms with van der Waals surface area (Å²) in [6.45, 7) is 0.417. The molecule has 0 saturated carbocycles. The number of methoxy groups -OCH3 is 2. The summed E-state index contributed by atoms with van der Waals surface area (Å²) in [4.78, 5) is 1.46. The van der Waals surface area contributed by atoms with E-state index < -0.39 is 0 Å². The Kier molecular flexibility index (Phi) is 4.18. The van der Waals surface area contributed by atoms with Crippen LogP contribution in [0, 0.1) is 5.82 Å². The van der Waals surface area contributed by atoms with Gasteiger partial charge in [0.1, 0.15) is 5.82 Å². The van der Waals surface area contributed by atoms with Gasteiger partial charge in [-0.3, -0.25) is 0 Å². The van der Waals surface area contributed by atoms with E-state index in [0.717, 1.165) is 11.1 Å². The molecule has 0 aliphatic rings. The normalized spacial score (nSPS) is 10.6. The number of rotatable bonds is 5. The summed E-state index contributed by atoms with van der Waals surface area (Å²) in [7, 11) is 3.15. The van der Waals surface area contributed by atoms with Crippen molar-refractivity contribution in [2.75, 3.05) is 14.2 Å². The Balaban J connectivity index is 1.82. The largest absolute Gasteiger partial charge is 0.493 e. The van der Waals surface area contributed by atoms with Crippen LogP contribution in [-0.2, 0) is 6.54 Å². The van der Waals surface area contributed by atoms with Crippen LogP contribution in [0.1, 0.15) is 5.56 Å². The Morgan fingerprint density at radius 3 is 2.43 bits per heavy atom. The Morgan fingerprint density at radius 1 is 1.00 bits per heavy atom. The maximum atomic E-state index is 12.9. The van der Waals surface area contributed by atoms with Gasteiger partial charge in [-0.2, -0.15) is 4.80 Å². The fraction of sp³-hybridized carbons (Fsp3) is 0.188. The molecule has 0 atom stereocenters. The predicted molar refractivity (Wildman–Crippen MR) is 81.9 cm³/mol. The first-order valence-electron chi connectivity index (χ1n) is 6.94. The van der Waals surface area contributed by atoms with Crippen molar-refractivity contribution < 1.29 is 13.9 Å². The van der Waals surface area contributed by atoms with E-state index in [1.165, 1.54) is 16.9 Å². The van der Waals surface area contributed by atoms with E-state index in [1.54, 1.807) is 38.5 Å². The summed E-state index contributed by atoms with van der Waals surface area (Å²) in [5.74, 6) is 1.44. The van der Waals surface area contributed by atoms with Crippen molar-refractivity contribution >= 4 is 0 Å². The number of nitrogens with zero attached hydrogens (tertiary/aromatic N) is 4. The van der Waals surface area contributed by atoms with Crippen LogP contribution in [0.5, 0.6) is 11.5 Å². The van der Waals surface area contributed by atoms with Gasteiger partial charge in [-0.15, -0.1) is 10.2 Å². The smallest absolute Gasteiger partial charge is 0.205 e. The van der Waals surface area contributed by atoms with Gasteiger partial charge in [-0.25, -0.2) is 4.39 Å². The van der Waals surface area contributed by atoms with Gasteiger partial charge in [0.2, 0.25) is 5.82 Å². The second kappa shape index (κ2) is 6.43. The van der Waals surface area contributed by atoms with Gasteiger partial charge in [0, 0.05) is 5.56 Å². The average Bonchev–Trinajstić information content (AvgIpc) is 3.05. The summed E-state index contributed by atoms with van der Waals surface area (Å²) in [5.41, 5.74) is 1.66. The van der Waals surface area contributed by atoms with Gasteiger partial charge in [0.15, 0.2) is 11.5 Å². The SMILES string of the molecule is COc1ccc(-c2nnn(Cc3ccc(F)cc3)n2)cc1OC. The highest BCUT2D eigenvalue weighted by Crippen LogP contribution is 2.30. The van der Waals surface area contributed by atoms with Crippen LogP contribution in [0.15, 0.2) is 42.5 Å². The molecule has 0 N–H and O–H groups in total. The summed E-state index contributed by atoms with van der Waals surface area (Å²) in [5, 5.41) is 12.4. The van der Waals surface area contributed by atoms with Crippen LogP contribution in [0.25, 0.3) is 11.4 Å². The molecule has 0 bridgehead atoms. The molecule has 0 saturated heterocycles. The lowest BCUT2D eigenvalue weighted by molar-refractivity contribution is 0.355. The highest BCUT2D eigenvalue weighted by Gasteiger charge is 2.10. The Labute approximate surface area is 132 Å². The van der Waals surface area contributed by atoms with E-state index in [2.05, 4.69) is 15.4 Å². The van der Waals surface area contributed by atoms with Crippen molar-refractivity contribution in [2.45, 2.75) is 6.54 Å². The van der Waals surface area contributed by atoms with Crippen molar-refractivity contribution in [3.8, 4) is 22.9 Å². The quantitative estimate of drug-likeness (QED) is 0.724. The molecule has 1 heterocycles. The van der Waals surface area contributed by atoms with Crippen LogP contribution in [0.3, 0.4) is 0 Å². The molecule has 118 valence electrons. The van der Waals surface area contributed by atoms with Crippen LogP contribution < -0.4 is 9.47 Å². The first kappa shape index (κ1) is 15.0. The molecular formula is C16H15FN4O2. The Hall–Kier alpha value is -2.96. The summed E-state index contributed by atoms with van der Waals surface area (Å²) in [6.07, 6.45) is 0. The maximum Gasteiger partial charge on any atom is 0.205 e. The average molecular weight is 314 g/mol. The highest BCUT2D eigenvalue weighted by atomic mass is 19.1. The molecule has 6 nitrogen and oxygen atoms in total. The minimum absolute atomic E-state index is 0.272. The van der Waals surface area contributed by atoms with E-state index in [0.29, 0.717) is 23.9 Å². The van der Waals surface area contributed by atoms with Crippen molar-refractivity contribution in [1.82, 2.24) is 20.2 Å². The number of hydrogen-bond acceptors (Lipinski definition) is 5. The molecule has 0 fully saturated rings. The zero-order valence-corrected chi connectivity index (χ0v) is 12.7. The summed E-state index contributed by atoms with van der Waals surface area (Å²) >= 11 is 0. The lowest BCUT2D eigenvalue weighted by Gasteiger charge is -2.07. The molecule has 0 aliphatic heterocycles. The minimum atomic E-state index is -0.272. The van der Waals surface area contributed by atoms with E-state index >= 15 is 0 Å². The molecule has 0 radical (unpaired) electrons. The Morgan fingerprint density at radius 2 is 1.74 bits per heavy atom. The van der Waals surface area contributed by atoms with Crippen molar-refractivity contribution in [3.05, 3.63) is 53.8 Å². The van der Waals surface area contributed by atoms with Crippen LogP contribution in [0.4, 0.5) is 4.39 Å². The van der Waals surface area contributed by atoms with E-state index in [-0.39, 0.29) is 5.82 Å². The minimum Gasteiger partial charge on any atom is -0.493 e. The fourth-order valence-corrected chi connectivity index (χ4v) is 2.15. The van der Waals surface area contributed by atoms with Gasteiger partial charge < -0.3 is 9.47 Å². The fourth-order valence-electron chi connectivity index (χ4n) is 2.15. The van der Waals surface area contributed by atoms with E-state index in [1.807, 2.05) is 6.07 Å². The van der Waals surface area contributed by atoms with Crippen LogP contribution in [-0.4, -0.2) is 34.4 Å². The molecule has 0 amide bonds. The monoisotopic (exact) mass is 314 g/mol. The number of aromatic nitrogens is 4. The van der Waals surface area contributed by atoms with Crippen LogP contribution in [0.2, 0.25) is 0 Å². The third kappa shape index (κ3) is 3.28. The zero-order chi connectivity index (χ0) is 16.2. The first-order valence-corrected chi connectivity index (χ1v) is 6.94. The number of ether oxygens (including phenoxy) is 2. The molecule has 7 heteroatoms. The molecule has 0 spiro atoms. The van der Waals surface area contributed by atoms with Crippen molar-refractivity contribution in [1.29, 1.82) is 0 Å². The zero-order valence-electron chi connectivity index (χ0n) is 12.7. The summed E-state index contributed by atoms with van der Waals surface area (Å²) in [6, 6.07) is 11.6. The third-order valence-corrected chi connectivity index (χ3v) is 3.33. The van der Waals surface area contributed by atoms with Crippen LogP contribution >= 0.6 is 0 Å². The van der Waals surface area contributed by atoms with E-state index in [9.17, 15) is 4.39 Å². The molecule has 3 aromatic rings. The molecule has 1 aromatic heterocycles. The molecule has 23 heavy (non-hydrogen) atoms. The number of halogens is 1. The molecule has 0 unspecified atom stereocenters. The second-order valence-electron chi connectivity index (χ2n) is 4.84. The lowest BCUT2D eigenvalue weighted by atomic mass is 10.2. The number of tetrazole rings is 1. The van der Waals surface area contributed by atoms with Gasteiger partial charge >= 0.3 is 0 Å². The lowest BCUT2D eigenvalue weighted by Crippen LogP contribution is -2.04. The maximum absolute atomic E-state index is 12.9. The second-order valence-corrected chi connectivity index (χ2v) is 4.84. The molecule has 0 aliphatic carbocycles. The Bertz CT molecular complexity index is 802. The third-order valence-electron chi connectivity index (χ3n) is 3.33. The van der Waals surface area contributed by atoms with Crippen molar-refractivity contribution in [2.24, 2.45) is 0 Å². The highest BCUT2D eigenvalue weighted by molar-refractivity contribution is 5.60. The van der Waals surface area contributed by atoms with E-state index in [4.69, 9.17) is 9.47 Å². The number of hydrogen-bond donors (Lipinski definition) is 0. The van der Waals surface area contributed by atoms with Gasteiger partial charge in [-0.1, -0.05) is 12.1 Å². The van der Waals surface area contributed by atoms with Crippen molar-refractivity contribution in [3.63, 3.8) is 0 Å².